The van der Waals surface area contributed by atoms with Gasteiger partial charge in [-0.2, -0.15) is 0 Å². The van der Waals surface area contributed by atoms with Crippen molar-refractivity contribution < 1.29 is 14.7 Å². The molecule has 0 aliphatic carbocycles. The summed E-state index contributed by atoms with van der Waals surface area (Å²) < 4.78 is 0. The van der Waals surface area contributed by atoms with E-state index in [0.29, 0.717) is 6.42 Å². The number of rotatable bonds is 5. The van der Waals surface area contributed by atoms with Crippen molar-refractivity contribution in [3.8, 4) is 0 Å². The lowest BCUT2D eigenvalue weighted by Crippen LogP contribution is -2.44. The Morgan fingerprint density at radius 3 is 2.87 bits per heavy atom. The summed E-state index contributed by atoms with van der Waals surface area (Å²) in [6, 6.07) is -0.159. The molecule has 5 nitrogen and oxygen atoms in total. The van der Waals surface area contributed by atoms with Crippen molar-refractivity contribution in [2.75, 3.05) is 6.54 Å². The quantitative estimate of drug-likeness (QED) is 0.607. The molecule has 0 spiro atoms. The molecule has 1 aliphatic rings. The first-order chi connectivity index (χ1) is 7.09. The molecule has 86 valence electrons. The van der Waals surface area contributed by atoms with Gasteiger partial charge in [-0.15, -0.1) is 0 Å². The normalized spacial score (nSPS) is 22.3. The Bertz CT molecular complexity index is 237. The van der Waals surface area contributed by atoms with Crippen LogP contribution in [0.4, 0.5) is 0 Å². The number of aliphatic carboxylic acids is 1. The van der Waals surface area contributed by atoms with Gasteiger partial charge >= 0.3 is 5.97 Å². The van der Waals surface area contributed by atoms with Gasteiger partial charge in [-0.3, -0.25) is 9.59 Å². The van der Waals surface area contributed by atoms with Crippen LogP contribution >= 0.6 is 0 Å². The van der Waals surface area contributed by atoms with Crippen LogP contribution in [0.15, 0.2) is 0 Å². The first-order valence-electron chi connectivity index (χ1n) is 5.35. The summed E-state index contributed by atoms with van der Waals surface area (Å²) in [6.07, 6.45) is 2.48. The number of carboxylic acid groups (broad SMARTS) is 1. The minimum atomic E-state index is -0.824. The number of hydrogen-bond acceptors (Lipinski definition) is 3. The standard InChI is InChI=1S/C10H18N2O3/c1-7(4-5-9(13)14)12-10(15)8-3-2-6-11-8/h7-8,11H,2-6H2,1H3,(H,12,15)(H,13,14)/t7?,8-/m0/s1. The lowest BCUT2D eigenvalue weighted by Gasteiger charge is -2.16. The molecule has 1 amide bonds. The number of nitrogens with one attached hydrogen (secondary N) is 2. The van der Waals surface area contributed by atoms with Crippen molar-refractivity contribution in [3.63, 3.8) is 0 Å². The summed E-state index contributed by atoms with van der Waals surface area (Å²) in [7, 11) is 0. The molecule has 1 unspecified atom stereocenters. The smallest absolute Gasteiger partial charge is 0.303 e. The third-order valence-corrected chi connectivity index (χ3v) is 2.56. The molecule has 0 aromatic carbocycles. The van der Waals surface area contributed by atoms with Crippen molar-refractivity contribution in [3.05, 3.63) is 0 Å². The van der Waals surface area contributed by atoms with Crippen LogP contribution in [0.5, 0.6) is 0 Å². The summed E-state index contributed by atoms with van der Waals surface area (Å²) in [6.45, 7) is 2.72. The number of carbonyl (C=O) groups is 2. The van der Waals surface area contributed by atoms with Gasteiger partial charge < -0.3 is 15.7 Å². The second-order valence-electron chi connectivity index (χ2n) is 3.99. The van der Waals surface area contributed by atoms with Gasteiger partial charge in [-0.25, -0.2) is 0 Å². The molecule has 1 fully saturated rings. The van der Waals surface area contributed by atoms with Crippen LogP contribution in [-0.2, 0) is 9.59 Å². The molecular formula is C10H18N2O3. The van der Waals surface area contributed by atoms with Gasteiger partial charge in [0.25, 0.3) is 0 Å². The van der Waals surface area contributed by atoms with Gasteiger partial charge in [0.2, 0.25) is 5.91 Å². The highest BCUT2D eigenvalue weighted by Gasteiger charge is 2.22. The van der Waals surface area contributed by atoms with Crippen LogP contribution in [0.2, 0.25) is 0 Å². The van der Waals surface area contributed by atoms with Crippen LogP contribution in [0.25, 0.3) is 0 Å². The van der Waals surface area contributed by atoms with Crippen molar-refractivity contribution in [2.45, 2.75) is 44.7 Å². The summed E-state index contributed by atoms with van der Waals surface area (Å²) >= 11 is 0. The van der Waals surface area contributed by atoms with E-state index in [9.17, 15) is 9.59 Å². The number of hydrogen-bond donors (Lipinski definition) is 3. The monoisotopic (exact) mass is 214 g/mol. The largest absolute Gasteiger partial charge is 0.481 e. The van der Waals surface area contributed by atoms with Crippen LogP contribution in [0.1, 0.15) is 32.6 Å². The van der Waals surface area contributed by atoms with E-state index >= 15 is 0 Å². The second kappa shape index (κ2) is 5.70. The Labute approximate surface area is 89.2 Å². The van der Waals surface area contributed by atoms with Crippen molar-refractivity contribution in [2.24, 2.45) is 0 Å². The van der Waals surface area contributed by atoms with Crippen LogP contribution in [0, 0.1) is 0 Å². The molecule has 1 heterocycles. The van der Waals surface area contributed by atoms with Gasteiger partial charge in [0, 0.05) is 12.5 Å². The van der Waals surface area contributed by atoms with E-state index in [1.54, 1.807) is 0 Å². The summed E-state index contributed by atoms with van der Waals surface area (Å²) in [5.41, 5.74) is 0. The van der Waals surface area contributed by atoms with Gasteiger partial charge in [-0.05, 0) is 32.7 Å². The minimum absolute atomic E-state index is 0.00890. The summed E-state index contributed by atoms with van der Waals surface area (Å²) in [5.74, 6) is -0.833. The second-order valence-corrected chi connectivity index (χ2v) is 3.99. The molecule has 2 atom stereocenters. The summed E-state index contributed by atoms with van der Waals surface area (Å²) in [5, 5.41) is 14.4. The SMILES string of the molecule is CC(CCC(=O)O)NC(=O)[C@@H]1CCCN1. The number of amides is 1. The molecule has 1 rings (SSSR count). The first kappa shape index (κ1) is 12.0. The van der Waals surface area contributed by atoms with E-state index in [0.717, 1.165) is 19.4 Å². The lowest BCUT2D eigenvalue weighted by atomic mass is 10.1. The molecule has 15 heavy (non-hydrogen) atoms. The molecule has 1 aliphatic heterocycles. The first-order valence-corrected chi connectivity index (χ1v) is 5.35. The fraction of sp³-hybridized carbons (Fsp3) is 0.800. The highest BCUT2D eigenvalue weighted by atomic mass is 16.4. The molecule has 5 heteroatoms. The zero-order valence-electron chi connectivity index (χ0n) is 8.95. The van der Waals surface area contributed by atoms with Crippen LogP contribution < -0.4 is 10.6 Å². The molecule has 0 radical (unpaired) electrons. The molecule has 3 N–H and O–H groups in total. The maximum absolute atomic E-state index is 11.6. The Morgan fingerprint density at radius 1 is 1.60 bits per heavy atom. The summed E-state index contributed by atoms with van der Waals surface area (Å²) in [4.78, 5) is 21.9. The fourth-order valence-electron chi connectivity index (χ4n) is 1.66. The van der Waals surface area contributed by atoms with E-state index in [-0.39, 0.29) is 24.4 Å². The maximum atomic E-state index is 11.6. The molecule has 0 aromatic rings. The highest BCUT2D eigenvalue weighted by molar-refractivity contribution is 5.82. The third kappa shape index (κ3) is 4.29. The molecule has 0 saturated carbocycles. The average Bonchev–Trinajstić information content (AvgIpc) is 2.67. The van der Waals surface area contributed by atoms with Gasteiger partial charge in [0.15, 0.2) is 0 Å². The Hall–Kier alpha value is -1.10. The number of carbonyl (C=O) groups excluding carboxylic acids is 1. The predicted molar refractivity (Wildman–Crippen MR) is 55.5 cm³/mol. The van der Waals surface area contributed by atoms with E-state index in [4.69, 9.17) is 5.11 Å². The van der Waals surface area contributed by atoms with Gasteiger partial charge in [-0.1, -0.05) is 0 Å². The van der Waals surface area contributed by atoms with Crippen molar-refractivity contribution >= 4 is 11.9 Å². The van der Waals surface area contributed by atoms with Crippen molar-refractivity contribution in [1.29, 1.82) is 0 Å². The highest BCUT2D eigenvalue weighted by Crippen LogP contribution is 2.05. The zero-order valence-corrected chi connectivity index (χ0v) is 8.95. The predicted octanol–water partition coefficient (Wildman–Crippen LogP) is 0.108. The Morgan fingerprint density at radius 2 is 2.33 bits per heavy atom. The average molecular weight is 214 g/mol. The van der Waals surface area contributed by atoms with Gasteiger partial charge in [0.05, 0.1) is 6.04 Å². The van der Waals surface area contributed by atoms with E-state index in [1.807, 2.05) is 6.92 Å². The molecule has 1 saturated heterocycles. The van der Waals surface area contributed by atoms with E-state index in [1.165, 1.54) is 0 Å². The Balaban J connectivity index is 2.21. The molecule has 0 bridgehead atoms. The maximum Gasteiger partial charge on any atom is 0.303 e. The minimum Gasteiger partial charge on any atom is -0.481 e. The van der Waals surface area contributed by atoms with Crippen molar-refractivity contribution in [1.82, 2.24) is 10.6 Å². The van der Waals surface area contributed by atoms with E-state index < -0.39 is 5.97 Å². The zero-order chi connectivity index (χ0) is 11.3. The van der Waals surface area contributed by atoms with Crippen LogP contribution in [-0.4, -0.2) is 35.6 Å². The topological polar surface area (TPSA) is 78.4 Å². The molecular weight excluding hydrogens is 196 g/mol. The van der Waals surface area contributed by atoms with Gasteiger partial charge in [0.1, 0.15) is 0 Å². The Kier molecular flexibility index (Phi) is 4.55. The van der Waals surface area contributed by atoms with E-state index in [2.05, 4.69) is 10.6 Å². The third-order valence-electron chi connectivity index (χ3n) is 2.56. The van der Waals surface area contributed by atoms with Crippen LogP contribution in [0.3, 0.4) is 0 Å². The lowest BCUT2D eigenvalue weighted by molar-refractivity contribution is -0.137. The number of carboxylic acids is 1. The fourth-order valence-corrected chi connectivity index (χ4v) is 1.66. The molecule has 0 aromatic heterocycles.